The number of halogens is 2. The number of benzene rings is 5. The molecule has 0 saturated carbocycles. The van der Waals surface area contributed by atoms with Crippen LogP contribution in [0.5, 0.6) is 0 Å². The number of carbonyl (C=O) groups excluding carboxylic acids is 6. The minimum absolute atomic E-state index is 0. The molecule has 0 radical (unpaired) electrons. The first-order valence-corrected chi connectivity index (χ1v) is 49.8. The van der Waals surface area contributed by atoms with Gasteiger partial charge in [-0.25, -0.2) is 9.78 Å². The molecule has 0 amide bonds. The number of Topliss-reactive ketones (excluding diaryl/α,β-unsaturated/α-hetero) is 4. The number of nitrogens with two attached hydrogens (primary N) is 1. The zero-order valence-electron chi connectivity index (χ0n) is 79.5. The van der Waals surface area contributed by atoms with Crippen LogP contribution < -0.4 is 119 Å². The van der Waals surface area contributed by atoms with Gasteiger partial charge in [0, 0.05) is 111 Å². The number of aliphatic carboxylic acids is 1. The van der Waals surface area contributed by atoms with Crippen molar-refractivity contribution in [2.75, 3.05) is 75.7 Å². The van der Waals surface area contributed by atoms with E-state index in [1.165, 1.54) is 119 Å². The third kappa shape index (κ3) is 51.0. The Balaban J connectivity index is 0.00000151. The molecule has 2 aromatic heterocycles. The van der Waals surface area contributed by atoms with E-state index in [0.29, 0.717) is 80.5 Å². The minimum atomic E-state index is -0.990. The van der Waals surface area contributed by atoms with Crippen LogP contribution >= 0.6 is 67.2 Å². The first-order valence-electron chi connectivity index (χ1n) is 44.5. The van der Waals surface area contributed by atoms with Crippen molar-refractivity contribution in [1.29, 1.82) is 0 Å². The fourth-order valence-electron chi connectivity index (χ4n) is 15.1. The number of nitrogen functional groups attached to an aromatic ring is 1. The number of carboxylic acids is 2. The number of hydrogen-bond acceptors (Lipinski definition) is 23. The van der Waals surface area contributed by atoms with Gasteiger partial charge in [-0.2, -0.15) is 0 Å². The molecule has 7 aromatic rings. The Morgan fingerprint density at radius 2 is 0.899 bits per heavy atom. The molecule has 29 heteroatoms. The third-order valence-corrected chi connectivity index (χ3v) is 28.9. The van der Waals surface area contributed by atoms with Gasteiger partial charge in [-0.15, -0.1) is 24.0 Å². The average Bonchev–Trinajstić information content (AvgIpc) is 0.973. The smallest absolute Gasteiger partial charge is 1.00 e. The van der Waals surface area contributed by atoms with E-state index in [1.54, 1.807) is 24.4 Å². The van der Waals surface area contributed by atoms with E-state index < -0.39 is 11.9 Å². The van der Waals surface area contributed by atoms with Crippen molar-refractivity contribution >= 4 is 120 Å². The number of piperidine rings is 3. The standard InChI is InChI=1S/C26H39NO3S2.C18H27NO2.C15H21NO.C15H15NO.C8H11N.C8H14O2S2.C6H5NO2.C3H7ClO.CH2O3.ClH.2K.H/c1-20-9-7-10-21(2)23(20)19-25(28)24-12-5-6-15-27(24)16-8-17-30-26(29)13-4-3-11-22-14-18-31-32-22;1-14-7-5-8-15(2)16(14)13-18(21)17-9-3-4-10-19(17)11-6-12-20;2*1-11-6-5-7-12(2)13(11)10-15(17)14-8-3-4-9-16-14;1-6-4-3-5-7(2)8(6)9;9-8(10)4-2-1-3-7-5-6-11-12-7;8-6(9)5-3-1-2-4-7-5;4-2-1-3-5;2-1-4-3;;;;/h7,9-10,22,24H,3-6,8,11-19H2,1-2H3;5,7-8,17,20H,3-4,6,9-13H2,1-2H3;5-7,14,16H,3-4,8-10H2,1-2H3;3-9H,10H2,1-2H3;3-5H,9H2,1-2H3;7H,1-6H2,(H,9,10);1-4H,(H,8,9);5H,1-3H2;1,3H;1H;;;/q;;;;;;;;;;2*+1;-1/p-1/t22-,24?;;;;;7-;;;;;;;/m1....1......./s1. The molecule has 5 aliphatic heterocycles. The Bertz CT molecular complexity index is 4250. The van der Waals surface area contributed by atoms with Gasteiger partial charge in [-0.1, -0.05) is 178 Å². The van der Waals surface area contributed by atoms with Crippen molar-refractivity contribution in [1.82, 2.24) is 25.1 Å². The molecule has 7 N–H and O–H groups in total. The molecule has 0 spiro atoms. The molecule has 21 nitrogen and oxygen atoms in total. The number of likely N-dealkylation sites (tertiary alicyclic amines) is 2. The number of ether oxygens (including phenoxy) is 1. The zero-order valence-corrected chi connectivity index (χ0v) is 89.6. The minimum Gasteiger partial charge on any atom is -1.00 e. The van der Waals surface area contributed by atoms with E-state index in [9.17, 15) is 33.6 Å². The summed E-state index contributed by atoms with van der Waals surface area (Å²) in [4.78, 5) is 106. The monoisotopic (exact) mass is 1940 g/mol. The second-order valence-electron chi connectivity index (χ2n) is 32.3. The Morgan fingerprint density at radius 1 is 0.504 bits per heavy atom. The number of carbonyl (C=O) groups is 8. The summed E-state index contributed by atoms with van der Waals surface area (Å²) < 4.78 is 5.47. The second kappa shape index (κ2) is 74.0. The maximum absolute atomic E-state index is 13.1. The first-order chi connectivity index (χ1) is 60.7. The van der Waals surface area contributed by atoms with E-state index in [4.69, 9.17) is 52.5 Å². The fourth-order valence-corrected chi connectivity index (χ4v) is 21.3. The number of aliphatic hydroxyl groups excluding tert-OH is 2. The quantitative estimate of drug-likeness (QED) is 0.00213. The largest absolute Gasteiger partial charge is 1.00 e. The van der Waals surface area contributed by atoms with Gasteiger partial charge in [0.2, 0.25) is 0 Å². The summed E-state index contributed by atoms with van der Waals surface area (Å²) in [7, 11) is 7.90. The number of aryl methyl sites for hydroxylation is 10. The van der Waals surface area contributed by atoms with Crippen molar-refractivity contribution in [3.05, 3.63) is 229 Å². The number of anilines is 1. The number of aliphatic hydroxyl groups is 2. The third-order valence-electron chi connectivity index (χ3n) is 22.6. The number of alkyl halides is 1. The molecule has 0 bridgehead atoms. The molecule has 0 aliphatic carbocycles. The molecule has 702 valence electrons. The summed E-state index contributed by atoms with van der Waals surface area (Å²) in [6.45, 7) is 25.9. The first kappa shape index (κ1) is 123. The number of esters is 1. The number of unbranched alkanes of at least 4 members (excludes halogenated alkanes) is 2. The molecular formula is C100H142Cl2K2N6O15S4. The summed E-state index contributed by atoms with van der Waals surface area (Å²) in [6, 6.07) is 41.1. The zero-order chi connectivity index (χ0) is 92.4. The van der Waals surface area contributed by atoms with Crippen LogP contribution in [0, 0.1) is 69.2 Å². The van der Waals surface area contributed by atoms with E-state index >= 15 is 0 Å². The van der Waals surface area contributed by atoms with E-state index in [-0.39, 0.29) is 172 Å². The van der Waals surface area contributed by atoms with Crippen LogP contribution in [-0.2, 0) is 64.1 Å². The number of para-hydroxylation sites is 1. The predicted octanol–water partition coefficient (Wildman–Crippen LogP) is 13.3. The maximum atomic E-state index is 13.1. The van der Waals surface area contributed by atoms with Crippen LogP contribution in [0.15, 0.2) is 140 Å². The number of hydrogen-bond donors (Lipinski definition) is 6. The van der Waals surface area contributed by atoms with Gasteiger partial charge in [-0.3, -0.25) is 48.3 Å². The summed E-state index contributed by atoms with van der Waals surface area (Å²) in [5.41, 5.74) is 23.8. The molecule has 5 fully saturated rings. The van der Waals surface area contributed by atoms with Gasteiger partial charge >= 0.3 is 121 Å². The Hall–Kier alpha value is -4.23. The van der Waals surface area contributed by atoms with Crippen molar-refractivity contribution in [3.63, 3.8) is 0 Å². The topological polar surface area (TPSA) is 329 Å². The van der Waals surface area contributed by atoms with Gasteiger partial charge < -0.3 is 47.8 Å². The van der Waals surface area contributed by atoms with E-state index in [1.807, 2.05) is 125 Å². The van der Waals surface area contributed by atoms with Crippen LogP contribution in [0.3, 0.4) is 0 Å². The fraction of sp³-hybridized carbons (Fsp3) is 0.520. The van der Waals surface area contributed by atoms with Crippen LogP contribution in [0.4, 0.5) is 5.69 Å². The molecule has 5 atom stereocenters. The Morgan fingerprint density at radius 3 is 1.24 bits per heavy atom. The predicted molar refractivity (Wildman–Crippen MR) is 524 cm³/mol. The summed E-state index contributed by atoms with van der Waals surface area (Å²) in [6.07, 6.45) is 27.2. The van der Waals surface area contributed by atoms with Crippen molar-refractivity contribution in [2.24, 2.45) is 0 Å². The normalized spacial score (nSPS) is 16.5. The van der Waals surface area contributed by atoms with Gasteiger partial charge in [0.15, 0.2) is 23.1 Å². The number of carboxylic acid groups (broad SMARTS) is 2. The molecular weight excluding hydrogens is 1800 g/mol. The summed E-state index contributed by atoms with van der Waals surface area (Å²) >= 11 is 5.14. The van der Waals surface area contributed by atoms with Crippen molar-refractivity contribution in [2.45, 2.75) is 265 Å². The van der Waals surface area contributed by atoms with Gasteiger partial charge in [-0.05, 0) is 287 Å². The van der Waals surface area contributed by atoms with Crippen LogP contribution in [0.2, 0.25) is 0 Å². The van der Waals surface area contributed by atoms with Gasteiger partial charge in [0.05, 0.1) is 24.7 Å². The summed E-state index contributed by atoms with van der Waals surface area (Å²) in [5.74, 6) is 2.48. The van der Waals surface area contributed by atoms with Crippen LogP contribution in [0.25, 0.3) is 0 Å². The number of nitrogens with one attached hydrogen (secondary N) is 1. The number of nitrogens with zero attached hydrogens (tertiary/aromatic N) is 4. The number of rotatable bonds is 33. The molecule has 129 heavy (non-hydrogen) atoms. The number of aromatic nitrogens is 2. The number of aromatic carboxylic acids is 1. The second-order valence-corrected chi connectivity index (χ2v) is 38.3. The number of pyridine rings is 2. The molecule has 3 unspecified atom stereocenters. The number of ketones is 4. The van der Waals surface area contributed by atoms with Crippen molar-refractivity contribution in [3.8, 4) is 0 Å². The van der Waals surface area contributed by atoms with E-state index in [2.05, 4.69) is 120 Å². The van der Waals surface area contributed by atoms with Crippen LogP contribution in [0.1, 0.15) is 242 Å². The SMILES string of the molecule is Cc1cccc(C)c1CC(=O)C1CCCCN1.Cc1cccc(C)c1CC(=O)C1CCCCN1CCCO.Cc1cccc(C)c1CC(=O)C1CCCCN1CCCOC(=O)CCCC[C@@H]1CCSS1.Cc1cccc(C)c1CC(=O)c1ccccn1.Cc1cccc(C)c1N.Cl.O=C(O)CCCC[C@@H]1CCSS1.O=C(O)c1ccccn1.O=CO[O-].OCCCCl.[H-].[K+].[K+]. The summed E-state index contributed by atoms with van der Waals surface area (Å²) in [5, 5.41) is 47.1. The van der Waals surface area contributed by atoms with E-state index in [0.717, 1.165) is 154 Å². The molecule has 5 aromatic carbocycles. The van der Waals surface area contributed by atoms with Gasteiger partial charge in [0.1, 0.15) is 11.4 Å². The molecule has 5 saturated heterocycles. The Labute approximate surface area is 882 Å². The van der Waals surface area contributed by atoms with Crippen LogP contribution in [-0.4, -0.2) is 186 Å². The maximum Gasteiger partial charge on any atom is 1.00 e. The van der Waals surface area contributed by atoms with Crippen molar-refractivity contribution < 1.29 is 178 Å². The molecule has 7 heterocycles. The molecule has 5 aliphatic rings. The molecule has 12 rings (SSSR count). The average molecular weight is 1950 g/mol. The van der Waals surface area contributed by atoms with Gasteiger partial charge in [0.25, 0.3) is 6.47 Å². The Kier molecular flexibility index (Phi) is 70.4.